The van der Waals surface area contributed by atoms with Crippen LogP contribution in [0.5, 0.6) is 5.75 Å². The Morgan fingerprint density at radius 2 is 2.00 bits per heavy atom. The van der Waals surface area contributed by atoms with Crippen LogP contribution < -0.4 is 5.73 Å². The van der Waals surface area contributed by atoms with E-state index in [4.69, 9.17) is 15.9 Å². The Bertz CT molecular complexity index is 294. The first-order chi connectivity index (χ1) is 6.06. The Kier molecular flexibility index (Phi) is 2.79. The first kappa shape index (κ1) is 9.88. The molecule has 13 heavy (non-hydrogen) atoms. The first-order valence-corrected chi connectivity index (χ1v) is 3.62. The van der Waals surface area contributed by atoms with Gasteiger partial charge in [-0.1, -0.05) is 0 Å². The van der Waals surface area contributed by atoms with E-state index < -0.39 is 23.5 Å². The summed E-state index contributed by atoms with van der Waals surface area (Å²) in [7, 11) is 0. The summed E-state index contributed by atoms with van der Waals surface area (Å²) in [5.41, 5.74) is 4.69. The lowest BCUT2D eigenvalue weighted by Crippen LogP contribution is -2.13. The largest absolute Gasteiger partial charge is 0.507 e. The molecule has 1 rings (SSSR count). The summed E-state index contributed by atoms with van der Waals surface area (Å²) < 4.78 is 25.4. The van der Waals surface area contributed by atoms with Crippen molar-refractivity contribution < 1.29 is 19.0 Å². The lowest BCUT2D eigenvalue weighted by Gasteiger charge is -2.10. The second kappa shape index (κ2) is 3.68. The van der Waals surface area contributed by atoms with Gasteiger partial charge >= 0.3 is 0 Å². The van der Waals surface area contributed by atoms with Gasteiger partial charge in [0.2, 0.25) is 0 Å². The Labute approximate surface area is 73.4 Å². The van der Waals surface area contributed by atoms with Gasteiger partial charge in [0, 0.05) is 18.7 Å². The molecular formula is C8H9F2NO2. The van der Waals surface area contributed by atoms with Crippen LogP contribution in [0.4, 0.5) is 8.78 Å². The van der Waals surface area contributed by atoms with Crippen LogP contribution >= 0.6 is 0 Å². The predicted octanol–water partition coefficient (Wildman–Crippen LogP) is 0.663. The minimum Gasteiger partial charge on any atom is -0.507 e. The van der Waals surface area contributed by atoms with Crippen molar-refractivity contribution in [3.05, 3.63) is 29.3 Å². The van der Waals surface area contributed by atoms with Gasteiger partial charge in [-0.25, -0.2) is 8.78 Å². The fourth-order valence-electron chi connectivity index (χ4n) is 1.02. The van der Waals surface area contributed by atoms with Gasteiger partial charge in [0.25, 0.3) is 0 Å². The van der Waals surface area contributed by atoms with Crippen LogP contribution in [0.2, 0.25) is 0 Å². The van der Waals surface area contributed by atoms with E-state index >= 15 is 0 Å². The number of rotatable bonds is 2. The number of phenols is 1. The van der Waals surface area contributed by atoms with Gasteiger partial charge in [0.1, 0.15) is 17.4 Å². The van der Waals surface area contributed by atoms with Crippen molar-refractivity contribution in [2.24, 2.45) is 5.73 Å². The van der Waals surface area contributed by atoms with Crippen LogP contribution in [0.3, 0.4) is 0 Å². The van der Waals surface area contributed by atoms with E-state index in [1.54, 1.807) is 0 Å². The van der Waals surface area contributed by atoms with Crippen LogP contribution in [0.15, 0.2) is 12.1 Å². The number of phenolic OH excluding ortho intramolecular Hbond substituents is 1. The number of aromatic hydroxyl groups is 1. The van der Waals surface area contributed by atoms with Crippen molar-refractivity contribution >= 4 is 0 Å². The van der Waals surface area contributed by atoms with E-state index in [1.165, 1.54) is 0 Å². The third-order valence-corrected chi connectivity index (χ3v) is 1.63. The number of benzene rings is 1. The third kappa shape index (κ3) is 1.93. The zero-order valence-electron chi connectivity index (χ0n) is 6.67. The maximum Gasteiger partial charge on any atom is 0.135 e. The minimum atomic E-state index is -1.32. The molecule has 0 amide bonds. The van der Waals surface area contributed by atoms with Crippen LogP contribution in [0.1, 0.15) is 11.7 Å². The van der Waals surface area contributed by atoms with Crippen molar-refractivity contribution in [2.75, 3.05) is 6.54 Å². The zero-order chi connectivity index (χ0) is 10.0. The summed E-state index contributed by atoms with van der Waals surface area (Å²) in [5, 5.41) is 18.2. The number of aliphatic hydroxyl groups excluding tert-OH is 1. The molecule has 4 N–H and O–H groups in total. The average Bonchev–Trinajstić information content (AvgIpc) is 2.02. The summed E-state index contributed by atoms with van der Waals surface area (Å²) in [5.74, 6) is -2.53. The lowest BCUT2D eigenvalue weighted by atomic mass is 10.1. The predicted molar refractivity (Wildman–Crippen MR) is 42.0 cm³/mol. The van der Waals surface area contributed by atoms with Crippen LogP contribution in [0, 0.1) is 11.6 Å². The van der Waals surface area contributed by atoms with E-state index in [0.29, 0.717) is 6.07 Å². The molecule has 0 fully saturated rings. The summed E-state index contributed by atoms with van der Waals surface area (Å²) in [4.78, 5) is 0. The molecule has 0 saturated carbocycles. The molecule has 1 aromatic rings. The summed E-state index contributed by atoms with van der Waals surface area (Å²) in [6.45, 7) is -0.240. The molecule has 0 saturated heterocycles. The van der Waals surface area contributed by atoms with Crippen molar-refractivity contribution in [1.29, 1.82) is 0 Å². The Morgan fingerprint density at radius 3 is 2.46 bits per heavy atom. The van der Waals surface area contributed by atoms with Gasteiger partial charge < -0.3 is 15.9 Å². The van der Waals surface area contributed by atoms with Crippen molar-refractivity contribution in [1.82, 2.24) is 0 Å². The minimum absolute atomic E-state index is 0.240. The van der Waals surface area contributed by atoms with Gasteiger partial charge in [-0.3, -0.25) is 0 Å². The molecule has 0 aromatic heterocycles. The molecule has 0 radical (unpaired) electrons. The van der Waals surface area contributed by atoms with E-state index in [-0.39, 0.29) is 12.1 Å². The quantitative estimate of drug-likeness (QED) is 0.640. The maximum absolute atomic E-state index is 12.9. The fraction of sp³-hybridized carbons (Fsp3) is 0.250. The van der Waals surface area contributed by atoms with E-state index in [9.17, 15) is 8.78 Å². The second-order valence-electron chi connectivity index (χ2n) is 2.57. The number of halogens is 2. The monoisotopic (exact) mass is 189 g/mol. The van der Waals surface area contributed by atoms with Gasteiger partial charge in [0.05, 0.1) is 11.7 Å². The standard InChI is InChI=1S/C8H9F2NO2/c9-4-1-5(10)8(6(12)2-4)7(13)3-11/h1-2,7,12-13H,3,11H2. The Morgan fingerprint density at radius 1 is 1.38 bits per heavy atom. The van der Waals surface area contributed by atoms with Crippen molar-refractivity contribution in [2.45, 2.75) is 6.10 Å². The molecular weight excluding hydrogens is 180 g/mol. The number of hydrogen-bond donors (Lipinski definition) is 3. The topological polar surface area (TPSA) is 66.5 Å². The molecule has 72 valence electrons. The lowest BCUT2D eigenvalue weighted by molar-refractivity contribution is 0.177. The highest BCUT2D eigenvalue weighted by Crippen LogP contribution is 2.27. The summed E-state index contributed by atoms with van der Waals surface area (Å²) >= 11 is 0. The second-order valence-corrected chi connectivity index (χ2v) is 2.57. The molecule has 1 atom stereocenters. The Hall–Kier alpha value is -1.20. The molecule has 0 spiro atoms. The Balaban J connectivity index is 3.20. The molecule has 0 aliphatic heterocycles. The highest BCUT2D eigenvalue weighted by Gasteiger charge is 2.17. The summed E-state index contributed by atoms with van der Waals surface area (Å²) in [6.07, 6.45) is -1.32. The normalized spacial score (nSPS) is 12.9. The number of aliphatic hydroxyl groups is 1. The van der Waals surface area contributed by atoms with Gasteiger partial charge in [0.15, 0.2) is 0 Å². The highest BCUT2D eigenvalue weighted by molar-refractivity contribution is 5.35. The van der Waals surface area contributed by atoms with Crippen LogP contribution in [0.25, 0.3) is 0 Å². The van der Waals surface area contributed by atoms with E-state index in [0.717, 1.165) is 6.07 Å². The molecule has 3 nitrogen and oxygen atoms in total. The van der Waals surface area contributed by atoms with Gasteiger partial charge in [-0.05, 0) is 0 Å². The van der Waals surface area contributed by atoms with Gasteiger partial charge in [-0.2, -0.15) is 0 Å². The third-order valence-electron chi connectivity index (χ3n) is 1.63. The van der Waals surface area contributed by atoms with Crippen molar-refractivity contribution in [3.63, 3.8) is 0 Å². The van der Waals surface area contributed by atoms with Crippen LogP contribution in [-0.4, -0.2) is 16.8 Å². The van der Waals surface area contributed by atoms with E-state index in [2.05, 4.69) is 0 Å². The average molecular weight is 189 g/mol. The number of hydrogen-bond acceptors (Lipinski definition) is 3. The SMILES string of the molecule is NCC(O)c1c(O)cc(F)cc1F. The number of nitrogens with two attached hydrogens (primary N) is 1. The molecule has 5 heteroatoms. The molecule has 1 unspecified atom stereocenters. The van der Waals surface area contributed by atoms with Crippen molar-refractivity contribution in [3.8, 4) is 5.75 Å². The fourth-order valence-corrected chi connectivity index (χ4v) is 1.02. The zero-order valence-corrected chi connectivity index (χ0v) is 6.67. The van der Waals surface area contributed by atoms with Gasteiger partial charge in [-0.15, -0.1) is 0 Å². The molecule has 0 aliphatic carbocycles. The molecule has 1 aromatic carbocycles. The first-order valence-electron chi connectivity index (χ1n) is 3.62. The maximum atomic E-state index is 12.9. The molecule has 0 bridgehead atoms. The van der Waals surface area contributed by atoms with Crippen LogP contribution in [-0.2, 0) is 0 Å². The highest BCUT2D eigenvalue weighted by atomic mass is 19.1. The molecule has 0 heterocycles. The summed E-state index contributed by atoms with van der Waals surface area (Å²) in [6, 6.07) is 1.30. The molecule has 0 aliphatic rings. The smallest absolute Gasteiger partial charge is 0.135 e. The van der Waals surface area contributed by atoms with E-state index in [1.807, 2.05) is 0 Å².